The molecule has 0 fully saturated rings. The van der Waals surface area contributed by atoms with Crippen LogP contribution in [-0.2, 0) is 16.0 Å². The van der Waals surface area contributed by atoms with E-state index in [2.05, 4.69) is 10.3 Å². The van der Waals surface area contributed by atoms with Gasteiger partial charge >= 0.3 is 5.97 Å². The lowest BCUT2D eigenvalue weighted by Crippen LogP contribution is -2.30. The van der Waals surface area contributed by atoms with E-state index in [-0.39, 0.29) is 6.54 Å². The molecule has 1 heterocycles. The molecular weight excluding hydrogens is 236 g/mol. The zero-order valence-corrected chi connectivity index (χ0v) is 9.80. The minimum atomic E-state index is -1.01. The highest BCUT2D eigenvalue weighted by molar-refractivity contribution is 5.78. The molecule has 18 heavy (non-hydrogen) atoms. The molecule has 0 aliphatic rings. The Morgan fingerprint density at radius 2 is 2.17 bits per heavy atom. The third kappa shape index (κ3) is 4.79. The second-order valence-electron chi connectivity index (χ2n) is 3.85. The molecule has 1 aromatic heterocycles. The van der Waals surface area contributed by atoms with Crippen molar-refractivity contribution >= 4 is 17.7 Å². The fraction of sp³-hybridized carbons (Fsp3) is 0.364. The van der Waals surface area contributed by atoms with Crippen LogP contribution in [0.5, 0.6) is 0 Å². The van der Waals surface area contributed by atoms with Gasteiger partial charge in [0, 0.05) is 6.20 Å². The van der Waals surface area contributed by atoms with Gasteiger partial charge < -0.3 is 21.9 Å². The topological polar surface area (TPSA) is 131 Å². The number of amides is 1. The standard InChI is InChI=1S/C11H16N4O3/c12-8(11(17)18)3-1-7-2-4-10(14-5-7)15-6-9(13)16/h2,4-5,8H,1,3,6,12H2,(H2,13,16)(H,14,15)(H,17,18)/t8-/m0/s1. The van der Waals surface area contributed by atoms with E-state index in [9.17, 15) is 9.59 Å². The number of pyridine rings is 1. The normalized spacial score (nSPS) is 11.8. The summed E-state index contributed by atoms with van der Waals surface area (Å²) in [6, 6.07) is 2.63. The minimum absolute atomic E-state index is 0.0240. The second-order valence-corrected chi connectivity index (χ2v) is 3.85. The van der Waals surface area contributed by atoms with Crippen LogP contribution in [0.25, 0.3) is 0 Å². The molecule has 1 aromatic rings. The SMILES string of the molecule is NC(=O)CNc1ccc(CC[C@H](N)C(=O)O)cn1. The van der Waals surface area contributed by atoms with Crippen molar-refractivity contribution in [2.24, 2.45) is 11.5 Å². The number of hydrogen-bond acceptors (Lipinski definition) is 5. The molecule has 0 spiro atoms. The highest BCUT2D eigenvalue weighted by Crippen LogP contribution is 2.07. The molecule has 0 aromatic carbocycles. The highest BCUT2D eigenvalue weighted by atomic mass is 16.4. The first kappa shape index (κ1) is 13.9. The first-order valence-electron chi connectivity index (χ1n) is 5.44. The minimum Gasteiger partial charge on any atom is -0.480 e. The number of carbonyl (C=O) groups excluding carboxylic acids is 1. The number of carboxylic acid groups (broad SMARTS) is 1. The van der Waals surface area contributed by atoms with Gasteiger partial charge in [-0.2, -0.15) is 0 Å². The van der Waals surface area contributed by atoms with Crippen LogP contribution in [0.3, 0.4) is 0 Å². The molecule has 0 saturated heterocycles. The van der Waals surface area contributed by atoms with Gasteiger partial charge in [0.1, 0.15) is 11.9 Å². The second kappa shape index (κ2) is 6.55. The number of aryl methyl sites for hydroxylation is 1. The van der Waals surface area contributed by atoms with Gasteiger partial charge in [-0.15, -0.1) is 0 Å². The van der Waals surface area contributed by atoms with Crippen molar-refractivity contribution in [3.63, 3.8) is 0 Å². The number of nitrogens with zero attached hydrogens (tertiary/aromatic N) is 1. The Kier molecular flexibility index (Phi) is 5.06. The molecule has 1 amide bonds. The third-order valence-corrected chi connectivity index (χ3v) is 2.33. The third-order valence-electron chi connectivity index (χ3n) is 2.33. The summed E-state index contributed by atoms with van der Waals surface area (Å²) in [5.41, 5.74) is 11.3. The average Bonchev–Trinajstić information content (AvgIpc) is 2.34. The lowest BCUT2D eigenvalue weighted by atomic mass is 10.1. The summed E-state index contributed by atoms with van der Waals surface area (Å²) in [6.45, 7) is 0.0240. The van der Waals surface area contributed by atoms with Crippen molar-refractivity contribution in [3.8, 4) is 0 Å². The molecule has 0 aliphatic heterocycles. The fourth-order valence-corrected chi connectivity index (χ4v) is 1.30. The van der Waals surface area contributed by atoms with E-state index in [1.807, 2.05) is 0 Å². The largest absolute Gasteiger partial charge is 0.480 e. The van der Waals surface area contributed by atoms with Gasteiger partial charge in [0.15, 0.2) is 0 Å². The van der Waals surface area contributed by atoms with Crippen LogP contribution < -0.4 is 16.8 Å². The molecule has 0 unspecified atom stereocenters. The summed E-state index contributed by atoms with van der Waals surface area (Å²) in [4.78, 5) is 25.1. The van der Waals surface area contributed by atoms with Crippen molar-refractivity contribution in [1.82, 2.24) is 4.98 Å². The molecule has 98 valence electrons. The van der Waals surface area contributed by atoms with E-state index in [0.717, 1.165) is 5.56 Å². The Morgan fingerprint density at radius 3 is 2.67 bits per heavy atom. The Morgan fingerprint density at radius 1 is 1.44 bits per heavy atom. The smallest absolute Gasteiger partial charge is 0.320 e. The average molecular weight is 252 g/mol. The van der Waals surface area contributed by atoms with E-state index >= 15 is 0 Å². The van der Waals surface area contributed by atoms with E-state index < -0.39 is 17.9 Å². The number of hydrogen-bond donors (Lipinski definition) is 4. The molecule has 0 bridgehead atoms. The number of nitrogens with two attached hydrogens (primary N) is 2. The molecule has 7 nitrogen and oxygen atoms in total. The van der Waals surface area contributed by atoms with E-state index in [0.29, 0.717) is 18.7 Å². The van der Waals surface area contributed by atoms with Gasteiger partial charge in [-0.25, -0.2) is 4.98 Å². The Balaban J connectivity index is 2.45. The summed E-state index contributed by atoms with van der Waals surface area (Å²) in [5, 5.41) is 11.4. The quantitative estimate of drug-likeness (QED) is 0.508. The predicted octanol–water partition coefficient (Wildman–Crippen LogP) is -0.677. The lowest BCUT2D eigenvalue weighted by molar-refractivity contribution is -0.138. The zero-order valence-electron chi connectivity index (χ0n) is 9.80. The Labute approximate surface area is 104 Å². The number of aromatic nitrogens is 1. The maximum atomic E-state index is 10.5. The zero-order chi connectivity index (χ0) is 13.5. The monoisotopic (exact) mass is 252 g/mol. The molecule has 0 aliphatic carbocycles. The number of carboxylic acids is 1. The number of aliphatic carboxylic acids is 1. The van der Waals surface area contributed by atoms with Crippen molar-refractivity contribution < 1.29 is 14.7 Å². The lowest BCUT2D eigenvalue weighted by Gasteiger charge is -2.07. The van der Waals surface area contributed by atoms with Crippen LogP contribution in [0.4, 0.5) is 5.82 Å². The maximum absolute atomic E-state index is 10.5. The Hall–Kier alpha value is -2.15. The van der Waals surface area contributed by atoms with E-state index in [4.69, 9.17) is 16.6 Å². The van der Waals surface area contributed by atoms with Crippen LogP contribution in [-0.4, -0.2) is 34.6 Å². The summed E-state index contributed by atoms with van der Waals surface area (Å²) >= 11 is 0. The summed E-state index contributed by atoms with van der Waals surface area (Å²) in [5.74, 6) is -0.934. The number of rotatable bonds is 7. The number of nitrogens with one attached hydrogen (secondary N) is 1. The van der Waals surface area contributed by atoms with Crippen molar-refractivity contribution in [2.45, 2.75) is 18.9 Å². The van der Waals surface area contributed by atoms with Crippen molar-refractivity contribution in [1.29, 1.82) is 0 Å². The molecule has 6 N–H and O–H groups in total. The summed E-state index contributed by atoms with van der Waals surface area (Å²) in [7, 11) is 0. The first-order chi connectivity index (χ1) is 8.49. The summed E-state index contributed by atoms with van der Waals surface area (Å²) in [6.07, 6.45) is 2.50. The van der Waals surface area contributed by atoms with Gasteiger partial charge in [-0.3, -0.25) is 9.59 Å². The maximum Gasteiger partial charge on any atom is 0.320 e. The Bertz CT molecular complexity index is 419. The van der Waals surface area contributed by atoms with Gasteiger partial charge in [-0.05, 0) is 24.5 Å². The van der Waals surface area contributed by atoms with Crippen LogP contribution in [0.2, 0.25) is 0 Å². The number of carbonyl (C=O) groups is 2. The highest BCUT2D eigenvalue weighted by Gasteiger charge is 2.10. The molecule has 1 atom stereocenters. The van der Waals surface area contributed by atoms with Crippen LogP contribution in [0.15, 0.2) is 18.3 Å². The van der Waals surface area contributed by atoms with Crippen molar-refractivity contribution in [3.05, 3.63) is 23.9 Å². The van der Waals surface area contributed by atoms with Crippen molar-refractivity contribution in [2.75, 3.05) is 11.9 Å². The van der Waals surface area contributed by atoms with Crippen LogP contribution in [0, 0.1) is 0 Å². The first-order valence-corrected chi connectivity index (χ1v) is 5.44. The molecule has 1 rings (SSSR count). The number of anilines is 1. The molecule has 0 radical (unpaired) electrons. The molecule has 7 heteroatoms. The summed E-state index contributed by atoms with van der Waals surface area (Å²) < 4.78 is 0. The predicted molar refractivity (Wildman–Crippen MR) is 65.9 cm³/mol. The van der Waals surface area contributed by atoms with Crippen LogP contribution in [0.1, 0.15) is 12.0 Å². The van der Waals surface area contributed by atoms with Gasteiger partial charge in [0.25, 0.3) is 0 Å². The van der Waals surface area contributed by atoms with Gasteiger partial charge in [0.2, 0.25) is 5.91 Å². The van der Waals surface area contributed by atoms with Crippen LogP contribution >= 0.6 is 0 Å². The molecule has 0 saturated carbocycles. The van der Waals surface area contributed by atoms with E-state index in [1.165, 1.54) is 0 Å². The van der Waals surface area contributed by atoms with Gasteiger partial charge in [-0.1, -0.05) is 6.07 Å². The fourth-order valence-electron chi connectivity index (χ4n) is 1.30. The van der Waals surface area contributed by atoms with Gasteiger partial charge in [0.05, 0.1) is 6.54 Å². The molecular formula is C11H16N4O3. The van der Waals surface area contributed by atoms with E-state index in [1.54, 1.807) is 18.3 Å². The number of primary amides is 1.